The lowest BCUT2D eigenvalue weighted by Gasteiger charge is -2.13. The van der Waals surface area contributed by atoms with Gasteiger partial charge in [-0.05, 0) is 37.3 Å². The number of pyridine rings is 1. The van der Waals surface area contributed by atoms with E-state index in [4.69, 9.17) is 24.5 Å². The Bertz CT molecular complexity index is 3410. The van der Waals surface area contributed by atoms with Crippen LogP contribution in [0.5, 0.6) is 23.1 Å². The zero-order chi connectivity index (χ0) is 50.0. The molecule has 0 radical (unpaired) electrons. The number of fused-ring (bicyclic) bond motifs is 4. The van der Waals surface area contributed by atoms with Crippen molar-refractivity contribution in [3.05, 3.63) is 65.7 Å². The molecule has 0 aliphatic heterocycles. The van der Waals surface area contributed by atoms with Crippen LogP contribution < -0.4 is 9.47 Å². The van der Waals surface area contributed by atoms with Gasteiger partial charge >= 0.3 is 0 Å². The van der Waals surface area contributed by atoms with Crippen molar-refractivity contribution in [2.75, 3.05) is 32.0 Å². The highest BCUT2D eigenvalue weighted by Gasteiger charge is 2.26. The highest BCUT2D eigenvalue weighted by molar-refractivity contribution is 8.02. The fourth-order valence-corrected chi connectivity index (χ4v) is 9.42. The van der Waals surface area contributed by atoms with Gasteiger partial charge in [-0.2, -0.15) is 22.1 Å². The van der Waals surface area contributed by atoms with Gasteiger partial charge in [0.25, 0.3) is 25.4 Å². The van der Waals surface area contributed by atoms with Crippen LogP contribution in [0.1, 0.15) is 11.1 Å². The van der Waals surface area contributed by atoms with Gasteiger partial charge in [-0.15, -0.1) is 49.6 Å². The monoisotopic (exact) mass is 1070 g/mol. The molecule has 69 heavy (non-hydrogen) atoms. The predicted molar refractivity (Wildman–Crippen MR) is 247 cm³/mol. The minimum absolute atomic E-state index is 0.0606. The number of methoxy groups -OCH3 is 2. The summed E-state index contributed by atoms with van der Waals surface area (Å²) in [7, 11) is -6.12. The number of aromatic nitrogens is 4. The van der Waals surface area contributed by atoms with Crippen LogP contribution in [-0.2, 0) is 39.0 Å². The van der Waals surface area contributed by atoms with Gasteiger partial charge < -0.3 is 19.7 Å². The van der Waals surface area contributed by atoms with Gasteiger partial charge in [0.2, 0.25) is 5.88 Å². The number of nitrogens with zero attached hydrogens (tertiary/aromatic N) is 11. The van der Waals surface area contributed by atoms with Crippen LogP contribution in [0.2, 0.25) is 0 Å². The average Bonchev–Trinajstić information content (AvgIpc) is 3.93. The minimum atomic E-state index is -5.17. The van der Waals surface area contributed by atoms with Crippen molar-refractivity contribution in [3.8, 4) is 29.2 Å². The van der Waals surface area contributed by atoms with E-state index in [-0.39, 0.29) is 83.9 Å². The number of benzene rings is 4. The van der Waals surface area contributed by atoms with Gasteiger partial charge in [-0.3, -0.25) is 13.5 Å². The molecule has 3 aromatic heterocycles. The number of thioether (sulfide) groups is 1. The highest BCUT2D eigenvalue weighted by atomic mass is 32.2. The zero-order valence-corrected chi connectivity index (χ0v) is 40.1. The van der Waals surface area contributed by atoms with Crippen molar-refractivity contribution in [1.29, 1.82) is 5.26 Å². The second-order valence-corrected chi connectivity index (χ2v) is 19.7. The maximum absolute atomic E-state index is 13.0. The molecule has 7 aromatic rings. The van der Waals surface area contributed by atoms with Crippen LogP contribution in [-0.4, -0.2) is 98.2 Å². The zero-order valence-electron chi connectivity index (χ0n) is 35.2. The maximum atomic E-state index is 13.0. The number of phenols is 1. The Morgan fingerprint density at radius 2 is 1.45 bits per heavy atom. The molecule has 33 heteroatoms. The molecule has 27 nitrogen and oxygen atoms in total. The summed E-state index contributed by atoms with van der Waals surface area (Å²) in [5, 5.41) is 90.2. The molecule has 4 aromatic carbocycles. The Morgan fingerprint density at radius 1 is 0.812 bits per heavy atom. The smallest absolute Gasteiger partial charge is 0.297 e. The van der Waals surface area contributed by atoms with Crippen LogP contribution >= 0.6 is 47.2 Å². The van der Waals surface area contributed by atoms with Gasteiger partial charge in [0.1, 0.15) is 50.8 Å². The average molecular weight is 1070 g/mol. The second kappa shape index (κ2) is 22.9. The van der Waals surface area contributed by atoms with Crippen LogP contribution in [0.3, 0.4) is 0 Å². The van der Waals surface area contributed by atoms with E-state index in [0.29, 0.717) is 33.1 Å². The second-order valence-electron chi connectivity index (χ2n) is 13.0. The largest absolute Gasteiger partial charge is 0.505 e. The summed E-state index contributed by atoms with van der Waals surface area (Å²) in [6.45, 7) is 1.50. The lowest BCUT2D eigenvalue weighted by Crippen LogP contribution is -2.00. The molecule has 0 amide bonds. The third kappa shape index (κ3) is 12.5. The Hall–Kier alpha value is -6.23. The molecule has 7 rings (SSSR count). The van der Waals surface area contributed by atoms with E-state index >= 15 is 0 Å². The molecule has 3 heterocycles. The molecule has 0 spiro atoms. The topological polar surface area (TPSA) is 386 Å². The number of rotatable bonds is 18. The first-order chi connectivity index (χ1) is 32.9. The first kappa shape index (κ1) is 52.1. The molecular weight excluding hydrogens is 1030 g/mol. The lowest BCUT2D eigenvalue weighted by atomic mass is 10.1. The van der Waals surface area contributed by atoms with E-state index in [0.717, 1.165) is 24.2 Å². The van der Waals surface area contributed by atoms with Crippen molar-refractivity contribution in [1.82, 2.24) is 19.6 Å². The van der Waals surface area contributed by atoms with Gasteiger partial charge in [0.15, 0.2) is 21.4 Å². The number of para-hydroxylation sites is 2. The van der Waals surface area contributed by atoms with E-state index in [1.807, 2.05) is 0 Å². The van der Waals surface area contributed by atoms with E-state index in [1.165, 1.54) is 66.8 Å². The summed E-state index contributed by atoms with van der Waals surface area (Å²) in [4.78, 5) is 3.44. The van der Waals surface area contributed by atoms with Crippen molar-refractivity contribution in [3.63, 3.8) is 0 Å². The van der Waals surface area contributed by atoms with Crippen molar-refractivity contribution in [2.24, 2.45) is 30.7 Å². The molecule has 0 bridgehead atoms. The van der Waals surface area contributed by atoms with E-state index in [1.54, 1.807) is 24.3 Å². The highest BCUT2D eigenvalue weighted by Crippen LogP contribution is 2.49. The predicted octanol–water partition coefficient (Wildman–Crippen LogP) is 9.69. The van der Waals surface area contributed by atoms with Crippen molar-refractivity contribution in [2.45, 2.75) is 21.1 Å². The van der Waals surface area contributed by atoms with Crippen LogP contribution in [0.15, 0.2) is 99.4 Å². The lowest BCUT2D eigenvalue weighted by molar-refractivity contribution is -0.432. The van der Waals surface area contributed by atoms with E-state index < -0.39 is 42.4 Å². The minimum Gasteiger partial charge on any atom is -0.505 e. The number of imidazole rings is 1. The van der Waals surface area contributed by atoms with Gasteiger partial charge in [0, 0.05) is 52.0 Å². The molecule has 0 atom stereocenters. The number of hydrogen-bond donors (Lipinski definition) is 6. The molecule has 0 aliphatic carbocycles. The summed E-state index contributed by atoms with van der Waals surface area (Å²) in [6, 6.07) is 15.2. The Labute approximate surface area is 404 Å². The summed E-state index contributed by atoms with van der Waals surface area (Å²) in [6.07, 6.45) is 0.715. The summed E-state index contributed by atoms with van der Waals surface area (Å²) in [5.41, 5.74) is 0.642. The molecule has 0 aliphatic rings. The molecule has 0 fully saturated rings. The maximum Gasteiger partial charge on any atom is 0.297 e. The third-order valence-corrected chi connectivity index (χ3v) is 13.0. The first-order valence-electron chi connectivity index (χ1n) is 18.4. The fourth-order valence-electron chi connectivity index (χ4n) is 6.01. The van der Waals surface area contributed by atoms with Gasteiger partial charge in [-0.25, -0.2) is 15.5 Å². The number of azo groups is 3. The normalized spacial score (nSPS) is 12.2. The number of hydrogen-bond acceptors (Lipinski definition) is 28. The first-order valence-corrected chi connectivity index (χ1v) is 25.1. The van der Waals surface area contributed by atoms with Crippen molar-refractivity contribution < 1.29 is 74.9 Å². The number of ether oxygens (including phenoxy) is 2. The summed E-state index contributed by atoms with van der Waals surface area (Å²) >= 11 is 3.73. The van der Waals surface area contributed by atoms with Crippen LogP contribution in [0.25, 0.3) is 27.5 Å². The summed E-state index contributed by atoms with van der Waals surface area (Å²) < 4.78 is 84.4. The Morgan fingerprint density at radius 3 is 2.09 bits per heavy atom. The number of phenolic OH excluding ortho intramolecular Hbond substituents is 1. The van der Waals surface area contributed by atoms with E-state index in [9.17, 15) is 36.9 Å². The number of aromatic hydroxyl groups is 2. The van der Waals surface area contributed by atoms with Gasteiger partial charge in [-0.1, -0.05) is 45.3 Å². The molecule has 362 valence electrons. The molecule has 0 saturated carbocycles. The number of nitriles is 1. The third-order valence-electron chi connectivity index (χ3n) is 8.73. The quantitative estimate of drug-likeness (QED) is 0.00885. The van der Waals surface area contributed by atoms with E-state index in [2.05, 4.69) is 70.7 Å². The van der Waals surface area contributed by atoms with Gasteiger partial charge in [0.05, 0.1) is 48.4 Å². The Balaban J connectivity index is 0.00000149. The standard InChI is InChI=1S/C35H27N11O13S5.CH4O3S/c1-16-19(15-36)32-37-20-6-4-5-7-24(20)46(32)33(48)28(16)41-38-21-9-8-17-18(31(21)64(51,52)53)12-27(63-59-57-50)29(30(17)47)42-39-22-13-26(55-3)23(14-25(22)54-2)40-43-34-44-45-35(62-34)60-10-11-61-58-56-49;1-5(2,3)4/h4-9,12-14,47-50H,10-11H2,1-3H3,(H,51,52,53);1H3,(H,2,3,4). The summed E-state index contributed by atoms with van der Waals surface area (Å²) in [5.74, 6) is 0.229. The molecule has 0 unspecified atom stereocenters. The van der Waals surface area contributed by atoms with Crippen molar-refractivity contribution >= 4 is 128 Å². The van der Waals surface area contributed by atoms with Crippen LogP contribution in [0.4, 0.5) is 33.6 Å². The SMILES string of the molecule is COc1cc(N=Nc2c(SOOO)cc3c(S(=O)(=O)O)c(N=Nc4c(C)c(C#N)c5nc6ccccc6n5c4O)ccc3c2O)c(OC)cc1N=Nc1nnc(SCCSOOO)s1.CS(=O)(=O)O. The Kier molecular flexibility index (Phi) is 17.3. The van der Waals surface area contributed by atoms with Crippen LogP contribution in [0, 0.1) is 18.3 Å². The molecule has 6 N–H and O–H groups in total. The fraction of sp³-hybridized carbons (Fsp3) is 0.167. The molecular formula is C36H31N11O16S6. The molecule has 0 saturated heterocycles.